The molecule has 5 nitrogen and oxygen atoms in total. The van der Waals surface area contributed by atoms with E-state index in [0.29, 0.717) is 6.61 Å². The molecular weight excluding hydrogens is 252 g/mol. The molecule has 0 unspecified atom stereocenters. The Morgan fingerprint density at radius 2 is 2.05 bits per heavy atom. The number of piperazine rings is 1. The van der Waals surface area contributed by atoms with Crippen molar-refractivity contribution in [3.63, 3.8) is 0 Å². The summed E-state index contributed by atoms with van der Waals surface area (Å²) in [5, 5.41) is 0. The first-order chi connectivity index (χ1) is 9.78. The molecule has 0 amide bonds. The number of unbranched alkanes of at least 4 members (excludes halogenated alkanes) is 1. The number of aromatic nitrogens is 1. The molecule has 112 valence electrons. The van der Waals surface area contributed by atoms with Crippen LogP contribution in [0.1, 0.15) is 18.4 Å². The number of likely N-dealkylation sites (N-methyl/N-ethyl adjacent to an activating group) is 1. The lowest BCUT2D eigenvalue weighted by molar-refractivity contribution is 0.148. The van der Waals surface area contributed by atoms with E-state index in [1.807, 2.05) is 6.20 Å². The van der Waals surface area contributed by atoms with Crippen molar-refractivity contribution in [1.29, 1.82) is 0 Å². The Morgan fingerprint density at radius 1 is 1.25 bits per heavy atom. The zero-order chi connectivity index (χ0) is 14.2. The lowest BCUT2D eigenvalue weighted by Crippen LogP contribution is -2.43. The molecule has 1 aliphatic heterocycles. The van der Waals surface area contributed by atoms with Gasteiger partial charge < -0.3 is 15.4 Å². The predicted molar refractivity (Wildman–Crippen MR) is 80.8 cm³/mol. The van der Waals surface area contributed by atoms with Gasteiger partial charge in [0, 0.05) is 45.0 Å². The number of hydrogen-bond donors (Lipinski definition) is 1. The van der Waals surface area contributed by atoms with Crippen LogP contribution in [0, 0.1) is 0 Å². The minimum atomic E-state index is 0.697. The third-order valence-corrected chi connectivity index (χ3v) is 3.65. The minimum absolute atomic E-state index is 0.697. The summed E-state index contributed by atoms with van der Waals surface area (Å²) in [5.41, 5.74) is 6.74. The molecule has 1 saturated heterocycles. The van der Waals surface area contributed by atoms with Gasteiger partial charge in [0.25, 0.3) is 0 Å². The molecule has 0 radical (unpaired) electrons. The van der Waals surface area contributed by atoms with Crippen LogP contribution in [0.25, 0.3) is 0 Å². The summed E-state index contributed by atoms with van der Waals surface area (Å²) in [6.07, 6.45) is 3.82. The Morgan fingerprint density at radius 3 is 2.80 bits per heavy atom. The molecule has 0 aromatic carbocycles. The Balaban J connectivity index is 1.79. The van der Waals surface area contributed by atoms with Crippen molar-refractivity contribution in [3.8, 4) is 5.88 Å². The molecule has 0 bridgehead atoms. The van der Waals surface area contributed by atoms with Crippen LogP contribution in [-0.2, 0) is 6.54 Å². The number of nitrogens with zero attached hydrogens (tertiary/aromatic N) is 3. The maximum absolute atomic E-state index is 5.66. The van der Waals surface area contributed by atoms with E-state index in [2.05, 4.69) is 34.0 Å². The lowest BCUT2D eigenvalue weighted by Gasteiger charge is -2.32. The van der Waals surface area contributed by atoms with Gasteiger partial charge in [-0.2, -0.15) is 0 Å². The number of pyridine rings is 1. The predicted octanol–water partition coefficient (Wildman–Crippen LogP) is 0.947. The van der Waals surface area contributed by atoms with Gasteiger partial charge >= 0.3 is 0 Å². The highest BCUT2D eigenvalue weighted by Gasteiger charge is 2.14. The summed E-state index contributed by atoms with van der Waals surface area (Å²) >= 11 is 0. The summed E-state index contributed by atoms with van der Waals surface area (Å²) < 4.78 is 5.66. The van der Waals surface area contributed by atoms with Crippen molar-refractivity contribution in [3.05, 3.63) is 23.9 Å². The third kappa shape index (κ3) is 5.07. The van der Waals surface area contributed by atoms with Gasteiger partial charge in [0.1, 0.15) is 0 Å². The van der Waals surface area contributed by atoms with Gasteiger partial charge in [0.15, 0.2) is 0 Å². The second-order valence-corrected chi connectivity index (χ2v) is 5.43. The van der Waals surface area contributed by atoms with Crippen molar-refractivity contribution in [2.24, 2.45) is 5.73 Å². The maximum Gasteiger partial charge on any atom is 0.213 e. The Labute approximate surface area is 121 Å². The average Bonchev–Trinajstić information content (AvgIpc) is 2.47. The molecule has 2 N–H and O–H groups in total. The van der Waals surface area contributed by atoms with E-state index in [0.717, 1.165) is 58.0 Å². The fraction of sp³-hybridized carbons (Fsp3) is 0.667. The molecule has 20 heavy (non-hydrogen) atoms. The fourth-order valence-corrected chi connectivity index (χ4v) is 2.32. The molecule has 1 fully saturated rings. The van der Waals surface area contributed by atoms with Gasteiger partial charge in [-0.05, 0) is 38.1 Å². The van der Waals surface area contributed by atoms with Crippen molar-refractivity contribution in [1.82, 2.24) is 14.8 Å². The number of rotatable bonds is 7. The van der Waals surface area contributed by atoms with Crippen molar-refractivity contribution in [2.45, 2.75) is 19.4 Å². The highest BCUT2D eigenvalue weighted by atomic mass is 16.5. The Hall–Kier alpha value is -1.17. The van der Waals surface area contributed by atoms with Gasteiger partial charge in [0.2, 0.25) is 5.88 Å². The SMILES string of the molecule is CN1CCN(Cc2ccnc(OCCCCN)c2)CC1. The van der Waals surface area contributed by atoms with Crippen LogP contribution in [0.5, 0.6) is 5.88 Å². The topological polar surface area (TPSA) is 54.6 Å². The molecule has 2 rings (SSSR count). The smallest absolute Gasteiger partial charge is 0.213 e. The lowest BCUT2D eigenvalue weighted by atomic mass is 10.2. The van der Waals surface area contributed by atoms with Crippen LogP contribution < -0.4 is 10.5 Å². The average molecular weight is 278 g/mol. The first-order valence-corrected chi connectivity index (χ1v) is 7.46. The highest BCUT2D eigenvalue weighted by molar-refractivity contribution is 5.20. The summed E-state index contributed by atoms with van der Waals surface area (Å²) in [6, 6.07) is 4.13. The van der Waals surface area contributed by atoms with Crippen LogP contribution in [0.4, 0.5) is 0 Å². The van der Waals surface area contributed by atoms with Gasteiger partial charge in [-0.25, -0.2) is 4.98 Å². The minimum Gasteiger partial charge on any atom is -0.478 e. The summed E-state index contributed by atoms with van der Waals surface area (Å²) in [4.78, 5) is 9.11. The van der Waals surface area contributed by atoms with Crippen LogP contribution in [0.3, 0.4) is 0 Å². The van der Waals surface area contributed by atoms with E-state index < -0.39 is 0 Å². The molecule has 0 saturated carbocycles. The highest BCUT2D eigenvalue weighted by Crippen LogP contribution is 2.13. The maximum atomic E-state index is 5.66. The van der Waals surface area contributed by atoms with Gasteiger partial charge in [-0.1, -0.05) is 0 Å². The normalized spacial score (nSPS) is 17.3. The third-order valence-electron chi connectivity index (χ3n) is 3.65. The van der Waals surface area contributed by atoms with E-state index in [1.54, 1.807) is 0 Å². The molecule has 1 aromatic heterocycles. The number of ether oxygens (including phenoxy) is 1. The summed E-state index contributed by atoms with van der Waals surface area (Å²) in [5.74, 6) is 0.730. The molecule has 0 atom stereocenters. The molecule has 5 heteroatoms. The van der Waals surface area contributed by atoms with E-state index in [4.69, 9.17) is 10.5 Å². The van der Waals surface area contributed by atoms with Crippen molar-refractivity contribution < 1.29 is 4.74 Å². The molecule has 0 spiro atoms. The number of nitrogens with two attached hydrogens (primary N) is 1. The molecule has 1 aliphatic rings. The molecule has 1 aromatic rings. The largest absolute Gasteiger partial charge is 0.478 e. The summed E-state index contributed by atoms with van der Waals surface area (Å²) in [6.45, 7) is 6.95. The number of hydrogen-bond acceptors (Lipinski definition) is 5. The summed E-state index contributed by atoms with van der Waals surface area (Å²) in [7, 11) is 2.18. The monoisotopic (exact) mass is 278 g/mol. The van der Waals surface area contributed by atoms with Gasteiger partial charge in [-0.15, -0.1) is 0 Å². The van der Waals surface area contributed by atoms with Crippen molar-refractivity contribution >= 4 is 0 Å². The van der Waals surface area contributed by atoms with Crippen LogP contribution in [0.15, 0.2) is 18.3 Å². The van der Waals surface area contributed by atoms with Crippen LogP contribution >= 0.6 is 0 Å². The van der Waals surface area contributed by atoms with Crippen LogP contribution in [0.2, 0.25) is 0 Å². The van der Waals surface area contributed by atoms with Crippen molar-refractivity contribution in [2.75, 3.05) is 46.4 Å². The molecular formula is C15H26N4O. The fourth-order valence-electron chi connectivity index (χ4n) is 2.32. The second kappa shape index (κ2) is 8.19. The Bertz CT molecular complexity index is 391. The van der Waals surface area contributed by atoms with E-state index in [9.17, 15) is 0 Å². The van der Waals surface area contributed by atoms with Gasteiger partial charge in [-0.3, -0.25) is 4.90 Å². The van der Waals surface area contributed by atoms with E-state index in [1.165, 1.54) is 5.56 Å². The zero-order valence-electron chi connectivity index (χ0n) is 12.4. The standard InChI is InChI=1S/C15H26N4O/c1-18-7-9-19(10-8-18)13-14-4-6-17-15(12-14)20-11-3-2-5-16/h4,6,12H,2-3,5,7-11,13,16H2,1H3. The Kier molecular flexibility index (Phi) is 6.24. The van der Waals surface area contributed by atoms with Gasteiger partial charge in [0.05, 0.1) is 6.61 Å². The molecule has 2 heterocycles. The van der Waals surface area contributed by atoms with Crippen LogP contribution in [-0.4, -0.2) is 61.2 Å². The molecule has 0 aliphatic carbocycles. The first-order valence-electron chi connectivity index (χ1n) is 7.46. The zero-order valence-corrected chi connectivity index (χ0v) is 12.4. The quantitative estimate of drug-likeness (QED) is 0.753. The van der Waals surface area contributed by atoms with E-state index >= 15 is 0 Å². The first kappa shape index (κ1) is 15.2. The second-order valence-electron chi connectivity index (χ2n) is 5.43. The van der Waals surface area contributed by atoms with E-state index in [-0.39, 0.29) is 0 Å².